The Morgan fingerprint density at radius 2 is 2.14 bits per heavy atom. The van der Waals surface area contributed by atoms with Gasteiger partial charge < -0.3 is 15.4 Å². The van der Waals surface area contributed by atoms with Crippen LogP contribution in [-0.2, 0) is 4.74 Å². The van der Waals surface area contributed by atoms with E-state index in [0.717, 1.165) is 12.8 Å². The van der Waals surface area contributed by atoms with Crippen molar-refractivity contribution in [2.75, 3.05) is 26.3 Å². The summed E-state index contributed by atoms with van der Waals surface area (Å²) in [5.41, 5.74) is 0. The number of ether oxygens (including phenoxy) is 1. The lowest BCUT2D eigenvalue weighted by Crippen LogP contribution is -2.42. The zero-order valence-corrected chi connectivity index (χ0v) is 13.4. The Labute approximate surface area is 131 Å². The third-order valence-corrected chi connectivity index (χ3v) is 4.91. The summed E-state index contributed by atoms with van der Waals surface area (Å²) in [4.78, 5) is 11.6. The van der Waals surface area contributed by atoms with Gasteiger partial charge in [-0.2, -0.15) is 0 Å². The first kappa shape index (κ1) is 17.4. The molecule has 2 amide bonds. The van der Waals surface area contributed by atoms with Crippen LogP contribution in [0.1, 0.15) is 45.4 Å². The molecule has 6 heteroatoms. The van der Waals surface area contributed by atoms with E-state index in [0.29, 0.717) is 39.1 Å². The molecule has 0 radical (unpaired) electrons. The van der Waals surface area contributed by atoms with Gasteiger partial charge in [0, 0.05) is 38.5 Å². The first-order valence-corrected chi connectivity index (χ1v) is 8.49. The Balaban J connectivity index is 2.00. The van der Waals surface area contributed by atoms with E-state index in [-0.39, 0.29) is 36.6 Å². The molecular formula is C16H28F2N2O2. The van der Waals surface area contributed by atoms with Crippen LogP contribution in [0.3, 0.4) is 0 Å². The van der Waals surface area contributed by atoms with E-state index in [2.05, 4.69) is 17.6 Å². The highest BCUT2D eigenvalue weighted by atomic mass is 19.3. The molecule has 0 aromatic heterocycles. The fraction of sp³-hybridized carbons (Fsp3) is 0.938. The molecule has 0 bridgehead atoms. The predicted molar refractivity (Wildman–Crippen MR) is 81.0 cm³/mol. The molecule has 2 fully saturated rings. The van der Waals surface area contributed by atoms with Gasteiger partial charge in [0.05, 0.1) is 6.61 Å². The van der Waals surface area contributed by atoms with E-state index >= 15 is 0 Å². The smallest absolute Gasteiger partial charge is 0.314 e. The van der Waals surface area contributed by atoms with Crippen LogP contribution in [0.4, 0.5) is 13.6 Å². The maximum Gasteiger partial charge on any atom is 0.314 e. The molecular weight excluding hydrogens is 290 g/mol. The molecule has 1 saturated heterocycles. The van der Waals surface area contributed by atoms with Crippen molar-refractivity contribution in [1.29, 1.82) is 0 Å². The van der Waals surface area contributed by atoms with Gasteiger partial charge >= 0.3 is 6.03 Å². The van der Waals surface area contributed by atoms with E-state index in [9.17, 15) is 13.6 Å². The van der Waals surface area contributed by atoms with E-state index < -0.39 is 5.92 Å². The molecule has 1 aliphatic heterocycles. The van der Waals surface area contributed by atoms with Gasteiger partial charge in [-0.1, -0.05) is 13.3 Å². The van der Waals surface area contributed by atoms with Crippen molar-refractivity contribution in [3.05, 3.63) is 0 Å². The quantitative estimate of drug-likeness (QED) is 0.765. The van der Waals surface area contributed by atoms with Gasteiger partial charge in [0.2, 0.25) is 5.92 Å². The number of fused-ring (bicyclic) bond motifs is 1. The van der Waals surface area contributed by atoms with Crippen LogP contribution >= 0.6 is 0 Å². The molecule has 0 aromatic rings. The van der Waals surface area contributed by atoms with Gasteiger partial charge in [-0.25, -0.2) is 13.6 Å². The van der Waals surface area contributed by atoms with Gasteiger partial charge in [0.25, 0.3) is 0 Å². The normalized spacial score (nSPS) is 32.0. The molecule has 1 aliphatic carbocycles. The van der Waals surface area contributed by atoms with E-state index in [1.54, 1.807) is 0 Å². The number of urea groups is 1. The number of halogens is 2. The molecule has 0 unspecified atom stereocenters. The first-order chi connectivity index (χ1) is 10.5. The third kappa shape index (κ3) is 5.07. The summed E-state index contributed by atoms with van der Waals surface area (Å²) in [7, 11) is 0. The second kappa shape index (κ2) is 8.09. The van der Waals surface area contributed by atoms with Gasteiger partial charge in [0.15, 0.2) is 0 Å². The summed E-state index contributed by atoms with van der Waals surface area (Å²) in [6.07, 6.45) is 3.13. The highest BCUT2D eigenvalue weighted by Gasteiger charge is 2.44. The summed E-state index contributed by atoms with van der Waals surface area (Å²) in [6.45, 7) is 4.32. The number of carbonyl (C=O) groups excluding carboxylic acids is 1. The van der Waals surface area contributed by atoms with Gasteiger partial charge in [-0.3, -0.25) is 0 Å². The van der Waals surface area contributed by atoms with Crippen LogP contribution in [0.5, 0.6) is 0 Å². The molecule has 2 N–H and O–H groups in total. The number of unbranched alkanes of at least 4 members (excludes halogenated alkanes) is 1. The monoisotopic (exact) mass is 318 g/mol. The standard InChI is InChI=1S/C16H28F2N2O2/c1-2-3-8-22-11-13-10-20-15(21)19-7-5-12-9-16(17,18)6-4-14(12)13/h12-14H,2-11H2,1H3,(H2,19,20,21)/t12-,13+,14-/m1/s1. The number of nitrogens with one attached hydrogen (secondary N) is 2. The summed E-state index contributed by atoms with van der Waals surface area (Å²) in [5, 5.41) is 5.60. The van der Waals surface area contributed by atoms with Crippen molar-refractivity contribution >= 4 is 6.03 Å². The van der Waals surface area contributed by atoms with Gasteiger partial charge in [0.1, 0.15) is 0 Å². The highest BCUT2D eigenvalue weighted by Crippen LogP contribution is 2.44. The molecule has 0 spiro atoms. The number of alkyl halides is 2. The average Bonchev–Trinajstić information content (AvgIpc) is 2.53. The van der Waals surface area contributed by atoms with Crippen LogP contribution in [0, 0.1) is 17.8 Å². The minimum Gasteiger partial charge on any atom is -0.381 e. The van der Waals surface area contributed by atoms with Gasteiger partial charge in [-0.05, 0) is 31.1 Å². The van der Waals surface area contributed by atoms with E-state index in [4.69, 9.17) is 4.74 Å². The lowest BCUT2D eigenvalue weighted by molar-refractivity contribution is -0.0849. The summed E-state index contributed by atoms with van der Waals surface area (Å²) in [5.74, 6) is -2.26. The van der Waals surface area contributed by atoms with Crippen LogP contribution < -0.4 is 10.6 Å². The Morgan fingerprint density at radius 3 is 2.91 bits per heavy atom. The number of carbonyl (C=O) groups is 1. The Hall–Kier alpha value is -0.910. The molecule has 22 heavy (non-hydrogen) atoms. The van der Waals surface area contributed by atoms with Crippen LogP contribution in [0.15, 0.2) is 0 Å². The summed E-state index contributed by atoms with van der Waals surface area (Å²) < 4.78 is 33.2. The van der Waals surface area contributed by atoms with Crippen LogP contribution in [0.2, 0.25) is 0 Å². The van der Waals surface area contributed by atoms with Gasteiger partial charge in [-0.15, -0.1) is 0 Å². The number of rotatable bonds is 5. The Morgan fingerprint density at radius 1 is 1.32 bits per heavy atom. The predicted octanol–water partition coefficient (Wildman–Crippen LogP) is 3.17. The number of hydrogen-bond donors (Lipinski definition) is 2. The van der Waals surface area contributed by atoms with Crippen LogP contribution in [0.25, 0.3) is 0 Å². The molecule has 1 saturated carbocycles. The largest absolute Gasteiger partial charge is 0.381 e. The Bertz CT molecular complexity index is 366. The molecule has 3 atom stereocenters. The molecule has 0 aromatic carbocycles. The zero-order chi connectivity index (χ0) is 16.0. The fourth-order valence-electron chi connectivity index (χ4n) is 3.66. The van der Waals surface area contributed by atoms with Crippen molar-refractivity contribution in [3.8, 4) is 0 Å². The second-order valence-corrected chi connectivity index (χ2v) is 6.64. The van der Waals surface area contributed by atoms with Crippen LogP contribution in [-0.4, -0.2) is 38.3 Å². The van der Waals surface area contributed by atoms with Crippen molar-refractivity contribution in [2.45, 2.75) is 51.4 Å². The number of hydrogen-bond acceptors (Lipinski definition) is 2. The van der Waals surface area contributed by atoms with E-state index in [1.165, 1.54) is 0 Å². The molecule has 2 aliphatic rings. The highest BCUT2D eigenvalue weighted by molar-refractivity contribution is 5.73. The van der Waals surface area contributed by atoms with Crippen molar-refractivity contribution in [3.63, 3.8) is 0 Å². The third-order valence-electron chi connectivity index (χ3n) is 4.91. The van der Waals surface area contributed by atoms with Crippen molar-refractivity contribution < 1.29 is 18.3 Å². The first-order valence-electron chi connectivity index (χ1n) is 8.49. The number of amides is 2. The lowest BCUT2D eigenvalue weighted by Gasteiger charge is -2.39. The summed E-state index contributed by atoms with van der Waals surface area (Å²) >= 11 is 0. The topological polar surface area (TPSA) is 50.4 Å². The molecule has 2 rings (SSSR count). The maximum atomic E-state index is 13.7. The maximum absolute atomic E-state index is 13.7. The fourth-order valence-corrected chi connectivity index (χ4v) is 3.66. The minimum atomic E-state index is -2.56. The lowest BCUT2D eigenvalue weighted by atomic mass is 9.70. The molecule has 1 heterocycles. The average molecular weight is 318 g/mol. The second-order valence-electron chi connectivity index (χ2n) is 6.64. The molecule has 4 nitrogen and oxygen atoms in total. The Kier molecular flexibility index (Phi) is 6.41. The zero-order valence-electron chi connectivity index (χ0n) is 13.4. The SMILES string of the molecule is CCCCOC[C@@H]1CNC(=O)NCC[C@@H]2CC(F)(F)CC[C@H]21. The van der Waals surface area contributed by atoms with E-state index in [1.807, 2.05) is 0 Å². The van der Waals surface area contributed by atoms with Crippen molar-refractivity contribution in [1.82, 2.24) is 10.6 Å². The summed E-state index contributed by atoms with van der Waals surface area (Å²) in [6, 6.07) is -0.205. The van der Waals surface area contributed by atoms with Crippen molar-refractivity contribution in [2.24, 2.45) is 17.8 Å². The minimum absolute atomic E-state index is 0.0382. The molecule has 128 valence electrons.